The number of carbonyl (C=O) groups is 3. The molecule has 0 unspecified atom stereocenters. The van der Waals surface area contributed by atoms with Crippen molar-refractivity contribution in [2.75, 3.05) is 0 Å². The zero-order valence-corrected chi connectivity index (χ0v) is 21.2. The van der Waals surface area contributed by atoms with Crippen molar-refractivity contribution < 1.29 is 14.4 Å². The van der Waals surface area contributed by atoms with Gasteiger partial charge in [-0.25, -0.2) is 4.79 Å². The molecular formula is C29H33N5O3. The molecule has 0 bridgehead atoms. The number of nitrogens with one attached hydrogen (secondary N) is 2. The number of urea groups is 1. The van der Waals surface area contributed by atoms with E-state index in [2.05, 4.69) is 10.6 Å². The van der Waals surface area contributed by atoms with E-state index in [4.69, 9.17) is 11.5 Å². The quantitative estimate of drug-likeness (QED) is 0.398. The van der Waals surface area contributed by atoms with Gasteiger partial charge in [-0.2, -0.15) is 0 Å². The highest BCUT2D eigenvalue weighted by molar-refractivity contribution is 5.92. The van der Waals surface area contributed by atoms with Crippen molar-refractivity contribution >= 4 is 17.8 Å². The summed E-state index contributed by atoms with van der Waals surface area (Å²) >= 11 is 0. The monoisotopic (exact) mass is 499 g/mol. The number of rotatable bonds is 7. The average Bonchev–Trinajstić information content (AvgIpc) is 2.99. The number of hydrogen-bond donors (Lipinski definition) is 4. The molecule has 0 saturated carbocycles. The minimum Gasteiger partial charge on any atom is -0.352 e. The van der Waals surface area contributed by atoms with Gasteiger partial charge in [-0.3, -0.25) is 9.59 Å². The van der Waals surface area contributed by atoms with Crippen LogP contribution in [0.5, 0.6) is 0 Å². The van der Waals surface area contributed by atoms with Gasteiger partial charge in [-0.15, -0.1) is 0 Å². The predicted molar refractivity (Wildman–Crippen MR) is 143 cm³/mol. The lowest BCUT2D eigenvalue weighted by molar-refractivity contribution is -0.138. The van der Waals surface area contributed by atoms with E-state index in [0.717, 1.165) is 33.4 Å². The topological polar surface area (TPSA) is 131 Å². The van der Waals surface area contributed by atoms with Crippen LogP contribution in [0.15, 0.2) is 72.8 Å². The minimum atomic E-state index is -1.09. The van der Waals surface area contributed by atoms with E-state index in [-0.39, 0.29) is 11.8 Å². The summed E-state index contributed by atoms with van der Waals surface area (Å²) in [7, 11) is 0. The molecule has 0 aliphatic carbocycles. The fourth-order valence-corrected chi connectivity index (χ4v) is 4.46. The zero-order valence-electron chi connectivity index (χ0n) is 21.2. The van der Waals surface area contributed by atoms with Crippen LogP contribution in [0.25, 0.3) is 11.1 Å². The molecule has 4 amide bonds. The van der Waals surface area contributed by atoms with Crippen LogP contribution in [-0.4, -0.2) is 34.3 Å². The van der Waals surface area contributed by atoms with Crippen LogP contribution < -0.4 is 22.1 Å². The summed E-state index contributed by atoms with van der Waals surface area (Å²) in [6.07, 6.45) is 0.419. The number of benzene rings is 3. The van der Waals surface area contributed by atoms with E-state index in [0.29, 0.717) is 26.1 Å². The van der Waals surface area contributed by atoms with Gasteiger partial charge < -0.3 is 27.0 Å². The fraction of sp³-hybridized carbons (Fsp3) is 0.276. The molecule has 8 heteroatoms. The molecule has 1 aliphatic rings. The number of amides is 4. The maximum atomic E-state index is 13.6. The number of fused-ring (bicyclic) bond motifs is 1. The van der Waals surface area contributed by atoms with Crippen molar-refractivity contribution in [3.8, 4) is 11.1 Å². The van der Waals surface area contributed by atoms with Crippen molar-refractivity contribution in [3.63, 3.8) is 0 Å². The van der Waals surface area contributed by atoms with Crippen molar-refractivity contribution in [1.29, 1.82) is 0 Å². The van der Waals surface area contributed by atoms with Crippen molar-refractivity contribution in [2.24, 2.45) is 11.5 Å². The van der Waals surface area contributed by atoms with Crippen LogP contribution in [0.4, 0.5) is 4.79 Å². The molecule has 0 saturated heterocycles. The summed E-state index contributed by atoms with van der Waals surface area (Å²) in [6, 6.07) is 22.5. The number of primary amides is 1. The molecule has 6 N–H and O–H groups in total. The molecule has 0 aromatic heterocycles. The summed E-state index contributed by atoms with van der Waals surface area (Å²) in [5, 5.41) is 5.51. The summed E-state index contributed by atoms with van der Waals surface area (Å²) < 4.78 is 0. The van der Waals surface area contributed by atoms with Gasteiger partial charge in [-0.1, -0.05) is 72.8 Å². The van der Waals surface area contributed by atoms with Gasteiger partial charge in [0.05, 0.1) is 5.54 Å². The lowest BCUT2D eigenvalue weighted by Crippen LogP contribution is -2.56. The van der Waals surface area contributed by atoms with Gasteiger partial charge in [0.1, 0.15) is 6.04 Å². The SMILES string of the molecule is CC(C)(N)C(=O)N[C@@H]1Cc2ccccc2CN(Cc2ccc(-c3ccccc3CNC(N)=O)cc2)C1=O. The molecule has 37 heavy (non-hydrogen) atoms. The van der Waals surface area contributed by atoms with E-state index in [1.54, 1.807) is 18.7 Å². The van der Waals surface area contributed by atoms with Gasteiger partial charge in [0, 0.05) is 26.1 Å². The Bertz CT molecular complexity index is 1300. The van der Waals surface area contributed by atoms with E-state index >= 15 is 0 Å². The molecule has 0 spiro atoms. The highest BCUT2D eigenvalue weighted by Crippen LogP contribution is 2.26. The van der Waals surface area contributed by atoms with Gasteiger partial charge in [0.15, 0.2) is 0 Å². The number of nitrogens with zero attached hydrogens (tertiary/aromatic N) is 1. The van der Waals surface area contributed by atoms with Crippen molar-refractivity contribution in [1.82, 2.24) is 15.5 Å². The van der Waals surface area contributed by atoms with Crippen molar-refractivity contribution in [3.05, 3.63) is 95.1 Å². The molecule has 0 radical (unpaired) electrons. The molecule has 1 aliphatic heterocycles. The number of nitrogens with two attached hydrogens (primary N) is 2. The van der Waals surface area contributed by atoms with Crippen LogP contribution in [-0.2, 0) is 35.6 Å². The van der Waals surface area contributed by atoms with E-state index < -0.39 is 17.6 Å². The number of hydrogen-bond acceptors (Lipinski definition) is 4. The molecule has 192 valence electrons. The van der Waals surface area contributed by atoms with E-state index in [1.165, 1.54) is 0 Å². The largest absolute Gasteiger partial charge is 0.352 e. The maximum absolute atomic E-state index is 13.6. The normalized spacial score (nSPS) is 15.5. The molecule has 3 aromatic carbocycles. The van der Waals surface area contributed by atoms with Crippen LogP contribution in [0.3, 0.4) is 0 Å². The second kappa shape index (κ2) is 10.8. The van der Waals surface area contributed by atoms with E-state index in [9.17, 15) is 14.4 Å². The molecule has 3 aromatic rings. The van der Waals surface area contributed by atoms with E-state index in [1.807, 2.05) is 72.8 Å². The van der Waals surface area contributed by atoms with Gasteiger partial charge >= 0.3 is 6.03 Å². The summed E-state index contributed by atoms with van der Waals surface area (Å²) in [6.45, 7) is 4.44. The Morgan fingerprint density at radius 3 is 2.30 bits per heavy atom. The molecular weight excluding hydrogens is 466 g/mol. The zero-order chi connectivity index (χ0) is 26.6. The Labute approximate surface area is 217 Å². The lowest BCUT2D eigenvalue weighted by atomic mass is 9.98. The molecule has 4 rings (SSSR count). The Morgan fingerprint density at radius 1 is 0.973 bits per heavy atom. The second-order valence-corrected chi connectivity index (χ2v) is 9.99. The Kier molecular flexibility index (Phi) is 7.59. The fourth-order valence-electron chi connectivity index (χ4n) is 4.46. The average molecular weight is 500 g/mol. The van der Waals surface area contributed by atoms with Gasteiger partial charge in [0.25, 0.3) is 0 Å². The predicted octanol–water partition coefficient (Wildman–Crippen LogP) is 2.83. The van der Waals surface area contributed by atoms with Gasteiger partial charge in [-0.05, 0) is 47.2 Å². The highest BCUT2D eigenvalue weighted by atomic mass is 16.2. The lowest BCUT2D eigenvalue weighted by Gasteiger charge is -2.27. The Balaban J connectivity index is 1.56. The molecule has 1 heterocycles. The third kappa shape index (κ3) is 6.34. The third-order valence-electron chi connectivity index (χ3n) is 6.51. The summed E-state index contributed by atoms with van der Waals surface area (Å²) in [5.74, 6) is -0.500. The maximum Gasteiger partial charge on any atom is 0.312 e. The number of carbonyl (C=O) groups excluding carboxylic acids is 3. The Hall–Kier alpha value is -4.17. The summed E-state index contributed by atoms with van der Waals surface area (Å²) in [5.41, 5.74) is 16.1. The first-order valence-corrected chi connectivity index (χ1v) is 12.3. The molecule has 8 nitrogen and oxygen atoms in total. The van der Waals surface area contributed by atoms with Crippen LogP contribution >= 0.6 is 0 Å². The van der Waals surface area contributed by atoms with Crippen LogP contribution in [0, 0.1) is 0 Å². The first-order chi connectivity index (χ1) is 17.6. The first-order valence-electron chi connectivity index (χ1n) is 12.3. The van der Waals surface area contributed by atoms with Gasteiger partial charge in [0.2, 0.25) is 11.8 Å². The Morgan fingerprint density at radius 2 is 1.62 bits per heavy atom. The summed E-state index contributed by atoms with van der Waals surface area (Å²) in [4.78, 5) is 39.1. The van der Waals surface area contributed by atoms with Crippen LogP contribution in [0.2, 0.25) is 0 Å². The molecule has 1 atom stereocenters. The van der Waals surface area contributed by atoms with Crippen molar-refractivity contribution in [2.45, 2.75) is 51.5 Å². The highest BCUT2D eigenvalue weighted by Gasteiger charge is 2.33. The third-order valence-corrected chi connectivity index (χ3v) is 6.51. The van der Waals surface area contributed by atoms with Crippen LogP contribution in [0.1, 0.15) is 36.1 Å². The smallest absolute Gasteiger partial charge is 0.312 e. The standard InChI is InChI=1S/C29H33N5O3/c1-29(2,31)27(36)33-25-15-21-7-3-4-9-23(21)18-34(26(25)35)17-19-11-13-20(14-12-19)24-10-6-5-8-22(24)16-32-28(30)37/h3-14,25H,15-18,31H2,1-2H3,(H,33,36)(H3,30,32,37)/t25-/m1/s1. The second-order valence-electron chi connectivity index (χ2n) is 9.99. The molecule has 0 fully saturated rings. The minimum absolute atomic E-state index is 0.138. The first kappa shape index (κ1) is 25.9.